The molecule has 3 aromatic heterocycles. The number of fused-ring (bicyclic) bond motifs is 1. The van der Waals surface area contributed by atoms with Crippen molar-refractivity contribution in [1.82, 2.24) is 24.8 Å². The molecule has 1 amide bonds. The van der Waals surface area contributed by atoms with Gasteiger partial charge in [-0.3, -0.25) is 14.2 Å². The van der Waals surface area contributed by atoms with Gasteiger partial charge in [0.25, 0.3) is 11.5 Å². The van der Waals surface area contributed by atoms with Gasteiger partial charge in [0.05, 0.1) is 18.5 Å². The maximum absolute atomic E-state index is 14.4. The van der Waals surface area contributed by atoms with Gasteiger partial charge >= 0.3 is 0 Å². The Hall–Kier alpha value is -5.05. The molecule has 1 atom stereocenters. The van der Waals surface area contributed by atoms with Crippen LogP contribution in [0.15, 0.2) is 83.9 Å². The minimum Gasteiger partial charge on any atom is -0.481 e. The van der Waals surface area contributed by atoms with Gasteiger partial charge in [0, 0.05) is 36.4 Å². The number of benzene rings is 2. The normalized spacial score (nSPS) is 11.7. The standard InChI is InChI=1S/C31H30N6O3/c1-5-32-30(38)25-18-34-20(3)36-29(25)35-19(2)26-16-22-10-9-13-24(21-14-15-33-27(17-21)40-4)28(22)31(39)37(26)23-11-7-6-8-12-23/h6-19H,5H2,1-4H3,(H,32,38)(H,34,35,36)/t19-/m0/s1. The summed E-state index contributed by atoms with van der Waals surface area (Å²) in [6.07, 6.45) is 3.18. The predicted octanol–water partition coefficient (Wildman–Crippen LogP) is 5.08. The van der Waals surface area contributed by atoms with Crippen LogP contribution in [-0.4, -0.2) is 39.1 Å². The van der Waals surface area contributed by atoms with Crippen LogP contribution < -0.4 is 20.9 Å². The smallest absolute Gasteiger partial charge is 0.263 e. The molecule has 2 N–H and O–H groups in total. The summed E-state index contributed by atoms with van der Waals surface area (Å²) in [5.41, 5.74) is 3.22. The molecule has 0 saturated carbocycles. The molecule has 40 heavy (non-hydrogen) atoms. The molecule has 9 nitrogen and oxygen atoms in total. The Morgan fingerprint density at radius 3 is 2.60 bits per heavy atom. The van der Waals surface area contributed by atoms with Crippen molar-refractivity contribution in [2.24, 2.45) is 0 Å². The Morgan fingerprint density at radius 2 is 1.85 bits per heavy atom. The van der Waals surface area contributed by atoms with Crippen molar-refractivity contribution in [3.8, 4) is 22.7 Å². The number of amides is 1. The number of hydrogen-bond acceptors (Lipinski definition) is 7. The summed E-state index contributed by atoms with van der Waals surface area (Å²) in [4.78, 5) is 40.0. The Bertz CT molecular complexity index is 1750. The van der Waals surface area contributed by atoms with E-state index in [1.807, 2.05) is 80.6 Å². The zero-order valence-corrected chi connectivity index (χ0v) is 22.8. The molecule has 0 radical (unpaired) electrons. The van der Waals surface area contributed by atoms with Crippen LogP contribution in [-0.2, 0) is 0 Å². The van der Waals surface area contributed by atoms with Crippen LogP contribution in [0.1, 0.15) is 41.8 Å². The Labute approximate surface area is 231 Å². The molecule has 0 aliphatic rings. The van der Waals surface area contributed by atoms with Gasteiger partial charge in [-0.15, -0.1) is 0 Å². The summed E-state index contributed by atoms with van der Waals surface area (Å²) in [5, 5.41) is 7.55. The number of rotatable bonds is 8. The SMILES string of the molecule is CCNC(=O)c1cnc(C)nc1N[C@@H](C)c1cc2cccc(-c3ccnc(OC)c3)c2c(=O)n1-c1ccccc1. The summed E-state index contributed by atoms with van der Waals surface area (Å²) in [6, 6.07) is 20.6. The Balaban J connectivity index is 1.70. The highest BCUT2D eigenvalue weighted by Gasteiger charge is 2.21. The number of carbonyl (C=O) groups excluding carboxylic acids is 1. The lowest BCUT2D eigenvalue weighted by Crippen LogP contribution is -2.28. The molecule has 3 heterocycles. The molecule has 0 spiro atoms. The van der Waals surface area contributed by atoms with Crippen molar-refractivity contribution in [2.45, 2.75) is 26.8 Å². The van der Waals surface area contributed by atoms with E-state index < -0.39 is 6.04 Å². The largest absolute Gasteiger partial charge is 0.481 e. The van der Waals surface area contributed by atoms with Crippen LogP contribution in [0.2, 0.25) is 0 Å². The molecule has 0 fully saturated rings. The van der Waals surface area contributed by atoms with Gasteiger partial charge in [0.15, 0.2) is 0 Å². The fraction of sp³-hybridized carbons (Fsp3) is 0.194. The highest BCUT2D eigenvalue weighted by Crippen LogP contribution is 2.31. The highest BCUT2D eigenvalue weighted by atomic mass is 16.5. The summed E-state index contributed by atoms with van der Waals surface area (Å²) in [6.45, 7) is 6.04. The number of hydrogen-bond donors (Lipinski definition) is 2. The van der Waals surface area contributed by atoms with Crippen molar-refractivity contribution in [2.75, 3.05) is 19.0 Å². The van der Waals surface area contributed by atoms with Crippen LogP contribution >= 0.6 is 0 Å². The lowest BCUT2D eigenvalue weighted by atomic mass is 9.98. The van der Waals surface area contributed by atoms with Crippen molar-refractivity contribution in [1.29, 1.82) is 0 Å². The molecule has 0 bridgehead atoms. The van der Waals surface area contributed by atoms with Crippen molar-refractivity contribution in [3.63, 3.8) is 0 Å². The minimum atomic E-state index is -0.399. The molecule has 0 aliphatic heterocycles. The van der Waals surface area contributed by atoms with Gasteiger partial charge in [0.1, 0.15) is 17.2 Å². The number of para-hydroxylation sites is 1. The first-order valence-corrected chi connectivity index (χ1v) is 13.0. The van der Waals surface area contributed by atoms with Gasteiger partial charge in [-0.2, -0.15) is 0 Å². The minimum absolute atomic E-state index is 0.165. The highest BCUT2D eigenvalue weighted by molar-refractivity contribution is 5.99. The molecular formula is C31H30N6O3. The fourth-order valence-electron chi connectivity index (χ4n) is 4.75. The first-order chi connectivity index (χ1) is 19.4. The van der Waals surface area contributed by atoms with Gasteiger partial charge in [-0.1, -0.05) is 36.4 Å². The number of aromatic nitrogens is 4. The van der Waals surface area contributed by atoms with Crippen molar-refractivity contribution >= 4 is 22.5 Å². The van der Waals surface area contributed by atoms with Crippen molar-refractivity contribution < 1.29 is 9.53 Å². The summed E-state index contributed by atoms with van der Waals surface area (Å²) in [7, 11) is 1.56. The van der Waals surface area contributed by atoms with Crippen LogP contribution in [0.3, 0.4) is 0 Å². The third-order valence-corrected chi connectivity index (χ3v) is 6.63. The second kappa shape index (κ2) is 11.4. The summed E-state index contributed by atoms with van der Waals surface area (Å²) >= 11 is 0. The number of pyridine rings is 2. The maximum atomic E-state index is 14.4. The van der Waals surface area contributed by atoms with Gasteiger partial charge in [-0.05, 0) is 61.5 Å². The third kappa shape index (κ3) is 5.13. The number of methoxy groups -OCH3 is 1. The van der Waals surface area contributed by atoms with Crippen molar-refractivity contribution in [3.05, 3.63) is 107 Å². The number of nitrogens with zero attached hydrogens (tertiary/aromatic N) is 4. The average molecular weight is 535 g/mol. The maximum Gasteiger partial charge on any atom is 0.263 e. The monoisotopic (exact) mass is 534 g/mol. The molecule has 0 unspecified atom stereocenters. The molecule has 5 aromatic rings. The number of carbonyl (C=O) groups is 1. The van der Waals surface area contributed by atoms with Gasteiger partial charge in [-0.25, -0.2) is 15.0 Å². The van der Waals surface area contributed by atoms with E-state index in [0.29, 0.717) is 40.7 Å². The second-order valence-electron chi connectivity index (χ2n) is 9.31. The van der Waals surface area contributed by atoms with Gasteiger partial charge < -0.3 is 15.4 Å². The van der Waals surface area contributed by atoms with E-state index in [1.54, 1.807) is 24.8 Å². The Kier molecular flexibility index (Phi) is 7.54. The molecule has 0 saturated heterocycles. The van der Waals surface area contributed by atoms with Crippen LogP contribution in [0, 0.1) is 6.92 Å². The third-order valence-electron chi connectivity index (χ3n) is 6.63. The van der Waals surface area contributed by atoms with E-state index >= 15 is 0 Å². The summed E-state index contributed by atoms with van der Waals surface area (Å²) < 4.78 is 7.04. The van der Waals surface area contributed by atoms with Crippen LogP contribution in [0.5, 0.6) is 5.88 Å². The zero-order chi connectivity index (χ0) is 28.2. The van der Waals surface area contributed by atoms with E-state index in [4.69, 9.17) is 4.74 Å². The van der Waals surface area contributed by atoms with E-state index in [9.17, 15) is 9.59 Å². The quantitative estimate of drug-likeness (QED) is 0.286. The summed E-state index contributed by atoms with van der Waals surface area (Å²) in [5.74, 6) is 1.12. The fourth-order valence-corrected chi connectivity index (χ4v) is 4.75. The molecule has 0 aliphatic carbocycles. The molecule has 2 aromatic carbocycles. The van der Waals surface area contributed by atoms with E-state index in [1.165, 1.54) is 6.20 Å². The Morgan fingerprint density at radius 1 is 1.05 bits per heavy atom. The topological polar surface area (TPSA) is 111 Å². The lowest BCUT2D eigenvalue weighted by Gasteiger charge is -2.23. The number of aryl methyl sites for hydroxylation is 1. The number of anilines is 1. The second-order valence-corrected chi connectivity index (χ2v) is 9.31. The zero-order valence-electron chi connectivity index (χ0n) is 22.8. The van der Waals surface area contributed by atoms with Crippen LogP contribution in [0.4, 0.5) is 5.82 Å². The number of ether oxygens (including phenoxy) is 1. The van der Waals surface area contributed by atoms with Gasteiger partial charge in [0.2, 0.25) is 5.88 Å². The number of nitrogens with one attached hydrogen (secondary N) is 2. The van der Waals surface area contributed by atoms with E-state index in [0.717, 1.165) is 22.2 Å². The molecular weight excluding hydrogens is 504 g/mol. The first kappa shape index (κ1) is 26.6. The first-order valence-electron chi connectivity index (χ1n) is 13.0. The predicted molar refractivity (Wildman–Crippen MR) is 156 cm³/mol. The lowest BCUT2D eigenvalue weighted by molar-refractivity contribution is 0.0956. The molecule has 9 heteroatoms. The average Bonchev–Trinajstić information content (AvgIpc) is 2.97. The van der Waals surface area contributed by atoms with E-state index in [-0.39, 0.29) is 11.5 Å². The molecule has 5 rings (SSSR count). The molecule has 202 valence electrons. The van der Waals surface area contributed by atoms with E-state index in [2.05, 4.69) is 25.6 Å². The van der Waals surface area contributed by atoms with Crippen LogP contribution in [0.25, 0.3) is 27.6 Å².